The Balaban J connectivity index is 1.34. The number of para-hydroxylation sites is 1. The number of piperidine rings is 1. The molecule has 11 heteroatoms. The van der Waals surface area contributed by atoms with Gasteiger partial charge in [0.15, 0.2) is 5.13 Å². The van der Waals surface area contributed by atoms with Crippen molar-refractivity contribution >= 4 is 53.5 Å². The van der Waals surface area contributed by atoms with Gasteiger partial charge in [0.05, 0.1) is 38.3 Å². The molecule has 9 nitrogen and oxygen atoms in total. The minimum absolute atomic E-state index is 0.141. The first-order chi connectivity index (χ1) is 15.4. The first-order valence-electron chi connectivity index (χ1n) is 10.1. The van der Waals surface area contributed by atoms with Gasteiger partial charge in [-0.2, -0.15) is 0 Å². The summed E-state index contributed by atoms with van der Waals surface area (Å²) in [6, 6.07) is 11.8. The molecule has 1 atom stereocenters. The van der Waals surface area contributed by atoms with Gasteiger partial charge < -0.3 is 9.88 Å². The molecule has 3 heterocycles. The maximum atomic E-state index is 12.9. The molecule has 0 radical (unpaired) electrons. The molecule has 1 aliphatic heterocycles. The van der Waals surface area contributed by atoms with Crippen LogP contribution in [0.4, 0.5) is 5.13 Å². The van der Waals surface area contributed by atoms with Crippen LogP contribution in [0.1, 0.15) is 12.8 Å². The number of nitrogens with one attached hydrogen (secondary N) is 2. The summed E-state index contributed by atoms with van der Waals surface area (Å²) in [7, 11) is -4.13. The number of H-pyrrole nitrogens is 1. The number of aromatic amines is 1. The van der Waals surface area contributed by atoms with Crippen LogP contribution in [-0.4, -0.2) is 42.4 Å². The lowest BCUT2D eigenvalue weighted by Gasteiger charge is -2.31. The number of carbonyl (C=O) groups is 1. The molecule has 1 fully saturated rings. The fourth-order valence-corrected chi connectivity index (χ4v) is 5.92. The number of sulfonamides is 1. The lowest BCUT2D eigenvalue weighted by molar-refractivity contribution is -0.123. The van der Waals surface area contributed by atoms with Gasteiger partial charge in [0.1, 0.15) is 0 Å². The highest BCUT2D eigenvalue weighted by atomic mass is 32.2. The minimum Gasteiger partial charge on any atom is -0.347 e. The number of amides is 1. The molecule has 2 N–H and O–H groups in total. The van der Waals surface area contributed by atoms with Crippen LogP contribution >= 0.6 is 11.3 Å². The predicted molar refractivity (Wildman–Crippen MR) is 122 cm³/mol. The van der Waals surface area contributed by atoms with Crippen LogP contribution in [0.25, 0.3) is 21.1 Å². The number of anilines is 1. The third-order valence-corrected chi connectivity index (χ3v) is 7.94. The number of thiazole rings is 1. The Morgan fingerprint density at radius 3 is 2.88 bits per heavy atom. The molecule has 5 rings (SSSR count). The van der Waals surface area contributed by atoms with Gasteiger partial charge in [0.25, 0.3) is 15.6 Å². The maximum absolute atomic E-state index is 12.9. The van der Waals surface area contributed by atoms with E-state index >= 15 is 0 Å². The van der Waals surface area contributed by atoms with Gasteiger partial charge in [-0.25, -0.2) is 23.1 Å². The SMILES string of the molecule is O=C(NS(=O)(=O)c1ccc2nc[nH]c(=O)c2c1)C1CCCN(c2nc3ccccc3s2)C1. The van der Waals surface area contributed by atoms with Gasteiger partial charge in [-0.15, -0.1) is 0 Å². The van der Waals surface area contributed by atoms with Crippen LogP contribution in [0, 0.1) is 5.92 Å². The van der Waals surface area contributed by atoms with Crippen molar-refractivity contribution in [2.24, 2.45) is 5.92 Å². The molecule has 2 aromatic heterocycles. The number of fused-ring (bicyclic) bond motifs is 2. The van der Waals surface area contributed by atoms with Crippen LogP contribution in [0.5, 0.6) is 0 Å². The van der Waals surface area contributed by atoms with Crippen molar-refractivity contribution in [3.05, 3.63) is 59.1 Å². The Bertz CT molecular complexity index is 1460. The van der Waals surface area contributed by atoms with E-state index in [2.05, 4.69) is 19.7 Å². The van der Waals surface area contributed by atoms with Crippen LogP contribution in [-0.2, 0) is 14.8 Å². The number of nitrogens with zero attached hydrogens (tertiary/aromatic N) is 3. The van der Waals surface area contributed by atoms with Crippen molar-refractivity contribution in [1.29, 1.82) is 0 Å². The van der Waals surface area contributed by atoms with Crippen molar-refractivity contribution in [3.8, 4) is 0 Å². The zero-order chi connectivity index (χ0) is 22.3. The summed E-state index contributed by atoms with van der Waals surface area (Å²) in [5.41, 5.74) is 0.831. The third kappa shape index (κ3) is 3.84. The van der Waals surface area contributed by atoms with E-state index in [9.17, 15) is 18.0 Å². The first kappa shape index (κ1) is 20.6. The summed E-state index contributed by atoms with van der Waals surface area (Å²) in [6.45, 7) is 1.15. The molecule has 0 spiro atoms. The van der Waals surface area contributed by atoms with Crippen LogP contribution < -0.4 is 15.2 Å². The van der Waals surface area contributed by atoms with Gasteiger partial charge in [-0.05, 0) is 43.2 Å². The highest BCUT2D eigenvalue weighted by molar-refractivity contribution is 7.90. The van der Waals surface area contributed by atoms with Crippen LogP contribution in [0.15, 0.2) is 58.5 Å². The summed E-state index contributed by atoms with van der Waals surface area (Å²) in [4.78, 5) is 37.8. The minimum atomic E-state index is -4.13. The Morgan fingerprint density at radius 1 is 1.19 bits per heavy atom. The van der Waals surface area contributed by atoms with Gasteiger partial charge in [0, 0.05) is 13.1 Å². The van der Waals surface area contributed by atoms with Crippen LogP contribution in [0.2, 0.25) is 0 Å². The maximum Gasteiger partial charge on any atom is 0.264 e. The summed E-state index contributed by atoms with van der Waals surface area (Å²) in [5, 5.41) is 0.968. The monoisotopic (exact) mass is 469 g/mol. The van der Waals surface area contributed by atoms with Crippen molar-refractivity contribution in [2.45, 2.75) is 17.7 Å². The number of hydrogen-bond donors (Lipinski definition) is 2. The third-order valence-electron chi connectivity index (χ3n) is 5.50. The standard InChI is InChI=1S/C21H19N5O4S2/c27-19(25-32(29,30)14-7-8-16-15(10-14)20(28)23-12-22-16)13-4-3-9-26(11-13)21-24-17-5-1-2-6-18(17)31-21/h1-2,5-8,10,12-13H,3-4,9,11H2,(H,25,27)(H,22,23,28). The largest absolute Gasteiger partial charge is 0.347 e. The molecular weight excluding hydrogens is 450 g/mol. The zero-order valence-corrected chi connectivity index (χ0v) is 18.4. The Kier molecular flexibility index (Phi) is 5.14. The topological polar surface area (TPSA) is 125 Å². The van der Waals surface area contributed by atoms with E-state index in [-0.39, 0.29) is 10.3 Å². The summed E-state index contributed by atoms with van der Waals surface area (Å²) < 4.78 is 28.9. The van der Waals surface area contributed by atoms with Crippen molar-refractivity contribution in [2.75, 3.05) is 18.0 Å². The van der Waals surface area contributed by atoms with Gasteiger partial charge in [-0.1, -0.05) is 23.5 Å². The lowest BCUT2D eigenvalue weighted by atomic mass is 9.98. The normalized spacial score (nSPS) is 17.0. The van der Waals surface area contributed by atoms with E-state index < -0.39 is 27.4 Å². The van der Waals surface area contributed by atoms with Crippen molar-refractivity contribution in [1.82, 2.24) is 19.7 Å². The molecule has 1 amide bonds. The predicted octanol–water partition coefficient (Wildman–Crippen LogP) is 2.25. The first-order valence-corrected chi connectivity index (χ1v) is 12.4. The van der Waals surface area contributed by atoms with E-state index in [0.29, 0.717) is 18.5 Å². The fraction of sp³-hybridized carbons (Fsp3) is 0.238. The number of carbonyl (C=O) groups excluding carboxylic acids is 1. The molecule has 0 bridgehead atoms. The Hall–Kier alpha value is -3.31. The second kappa shape index (κ2) is 7.99. The lowest BCUT2D eigenvalue weighted by Crippen LogP contribution is -2.44. The second-order valence-corrected chi connectivity index (χ2v) is 10.3. The van der Waals surface area contributed by atoms with E-state index in [4.69, 9.17) is 0 Å². The highest BCUT2D eigenvalue weighted by Gasteiger charge is 2.30. The van der Waals surface area contributed by atoms with Gasteiger partial charge in [0.2, 0.25) is 5.91 Å². The molecule has 1 aliphatic rings. The Morgan fingerprint density at radius 2 is 2.03 bits per heavy atom. The van der Waals surface area contributed by atoms with E-state index in [0.717, 1.165) is 28.3 Å². The molecule has 0 saturated carbocycles. The van der Waals surface area contributed by atoms with E-state index in [1.54, 1.807) is 11.3 Å². The average molecular weight is 470 g/mol. The molecule has 0 aliphatic carbocycles. The van der Waals surface area contributed by atoms with Gasteiger partial charge >= 0.3 is 0 Å². The smallest absolute Gasteiger partial charge is 0.264 e. The number of benzene rings is 2. The summed E-state index contributed by atoms with van der Waals surface area (Å²) in [5.74, 6) is -1.05. The molecule has 4 aromatic rings. The molecule has 32 heavy (non-hydrogen) atoms. The molecule has 1 saturated heterocycles. The number of rotatable bonds is 4. The summed E-state index contributed by atoms with van der Waals surface area (Å²) in [6.07, 6.45) is 2.59. The molecule has 2 aromatic carbocycles. The highest BCUT2D eigenvalue weighted by Crippen LogP contribution is 2.31. The van der Waals surface area contributed by atoms with Crippen LogP contribution in [0.3, 0.4) is 0 Å². The average Bonchev–Trinajstić information content (AvgIpc) is 3.23. The summed E-state index contributed by atoms with van der Waals surface area (Å²) >= 11 is 1.56. The van der Waals surface area contributed by atoms with E-state index in [1.807, 2.05) is 29.2 Å². The quantitative estimate of drug-likeness (QED) is 0.470. The second-order valence-electron chi connectivity index (χ2n) is 7.63. The van der Waals surface area contributed by atoms with Crippen molar-refractivity contribution in [3.63, 3.8) is 0 Å². The molecule has 164 valence electrons. The molecular formula is C21H19N5O4S2. The van der Waals surface area contributed by atoms with Crippen molar-refractivity contribution < 1.29 is 13.2 Å². The Labute approximate surface area is 187 Å². The fourth-order valence-electron chi connectivity index (χ4n) is 3.85. The number of aromatic nitrogens is 3. The zero-order valence-electron chi connectivity index (χ0n) is 16.8. The van der Waals surface area contributed by atoms with Gasteiger partial charge in [-0.3, -0.25) is 9.59 Å². The number of hydrogen-bond acceptors (Lipinski definition) is 8. The molecule has 1 unspecified atom stereocenters. The van der Waals surface area contributed by atoms with E-state index in [1.165, 1.54) is 24.5 Å².